The third kappa shape index (κ3) is 5.14. The molecular formula is C20H33N. The van der Waals surface area contributed by atoms with E-state index in [4.69, 9.17) is 0 Å². The molecule has 0 radical (unpaired) electrons. The predicted octanol–water partition coefficient (Wildman–Crippen LogP) is 5.52. The molecule has 1 fully saturated rings. The summed E-state index contributed by atoms with van der Waals surface area (Å²) in [5.74, 6) is 1.62. The first-order valence-corrected chi connectivity index (χ1v) is 9.13. The van der Waals surface area contributed by atoms with Gasteiger partial charge in [0.2, 0.25) is 0 Å². The fraction of sp³-hybridized carbons (Fsp3) is 0.700. The van der Waals surface area contributed by atoms with E-state index >= 15 is 0 Å². The van der Waals surface area contributed by atoms with Crippen molar-refractivity contribution in [2.24, 2.45) is 5.92 Å². The zero-order valence-electron chi connectivity index (χ0n) is 14.0. The number of hydrogen-bond acceptors (Lipinski definition) is 1. The van der Waals surface area contributed by atoms with Gasteiger partial charge >= 0.3 is 0 Å². The summed E-state index contributed by atoms with van der Waals surface area (Å²) in [5.41, 5.74) is 1.52. The Balaban J connectivity index is 2.04. The largest absolute Gasteiger partial charge is 0.313 e. The Morgan fingerprint density at radius 2 is 1.76 bits per heavy atom. The van der Waals surface area contributed by atoms with Gasteiger partial charge in [-0.05, 0) is 43.2 Å². The molecule has 118 valence electrons. The lowest BCUT2D eigenvalue weighted by atomic mass is 9.79. The van der Waals surface area contributed by atoms with E-state index in [1.54, 1.807) is 0 Å². The third-order valence-corrected chi connectivity index (χ3v) is 5.12. The average Bonchev–Trinajstić information content (AvgIpc) is 2.55. The van der Waals surface area contributed by atoms with Gasteiger partial charge in [0.05, 0.1) is 0 Å². The van der Waals surface area contributed by atoms with E-state index in [-0.39, 0.29) is 0 Å². The fourth-order valence-electron chi connectivity index (χ4n) is 3.95. The lowest BCUT2D eigenvalue weighted by Gasteiger charge is -2.32. The number of hydrogen-bond donors (Lipinski definition) is 1. The molecule has 0 heterocycles. The summed E-state index contributed by atoms with van der Waals surface area (Å²) in [5, 5.41) is 3.87. The molecular weight excluding hydrogens is 254 g/mol. The SMILES string of the molecule is CCCNC(CC1CCCCC1)C(CC)c1ccccc1. The quantitative estimate of drug-likeness (QED) is 0.664. The van der Waals surface area contributed by atoms with Crippen LogP contribution in [0.2, 0.25) is 0 Å². The molecule has 0 spiro atoms. The minimum Gasteiger partial charge on any atom is -0.313 e. The molecule has 1 nitrogen and oxygen atoms in total. The van der Waals surface area contributed by atoms with Crippen LogP contribution in [0.5, 0.6) is 0 Å². The number of nitrogens with one attached hydrogen (secondary N) is 1. The first kappa shape index (κ1) is 16.5. The highest BCUT2D eigenvalue weighted by Gasteiger charge is 2.25. The van der Waals surface area contributed by atoms with Gasteiger partial charge in [0.25, 0.3) is 0 Å². The molecule has 1 heteroatoms. The Morgan fingerprint density at radius 3 is 2.38 bits per heavy atom. The van der Waals surface area contributed by atoms with Crippen LogP contribution in [0.3, 0.4) is 0 Å². The van der Waals surface area contributed by atoms with Crippen molar-refractivity contribution < 1.29 is 0 Å². The zero-order valence-corrected chi connectivity index (χ0v) is 14.0. The minimum atomic E-state index is 0.653. The Morgan fingerprint density at radius 1 is 1.05 bits per heavy atom. The van der Waals surface area contributed by atoms with E-state index < -0.39 is 0 Å². The molecule has 1 saturated carbocycles. The van der Waals surface area contributed by atoms with E-state index in [1.165, 1.54) is 56.9 Å². The van der Waals surface area contributed by atoms with Crippen molar-refractivity contribution in [3.63, 3.8) is 0 Å². The van der Waals surface area contributed by atoms with E-state index in [9.17, 15) is 0 Å². The Bertz CT molecular complexity index is 367. The van der Waals surface area contributed by atoms with Crippen molar-refractivity contribution in [3.8, 4) is 0 Å². The molecule has 0 aromatic heterocycles. The normalized spacial score (nSPS) is 19.3. The van der Waals surface area contributed by atoms with Crippen molar-refractivity contribution in [2.75, 3.05) is 6.54 Å². The molecule has 0 amide bonds. The van der Waals surface area contributed by atoms with Crippen molar-refractivity contribution >= 4 is 0 Å². The van der Waals surface area contributed by atoms with Gasteiger partial charge in [-0.2, -0.15) is 0 Å². The summed E-state index contributed by atoms with van der Waals surface area (Å²) in [7, 11) is 0. The smallest absolute Gasteiger partial charge is 0.0138 e. The van der Waals surface area contributed by atoms with Crippen molar-refractivity contribution in [2.45, 2.75) is 77.2 Å². The highest BCUT2D eigenvalue weighted by atomic mass is 14.9. The van der Waals surface area contributed by atoms with Crippen LogP contribution in [-0.4, -0.2) is 12.6 Å². The van der Waals surface area contributed by atoms with Crippen molar-refractivity contribution in [3.05, 3.63) is 35.9 Å². The van der Waals surface area contributed by atoms with Crippen LogP contribution in [-0.2, 0) is 0 Å². The zero-order chi connectivity index (χ0) is 14.9. The monoisotopic (exact) mass is 287 g/mol. The van der Waals surface area contributed by atoms with Crippen LogP contribution in [0.4, 0.5) is 0 Å². The molecule has 0 bridgehead atoms. The van der Waals surface area contributed by atoms with Gasteiger partial charge in [0, 0.05) is 6.04 Å². The lowest BCUT2D eigenvalue weighted by Crippen LogP contribution is -2.37. The van der Waals surface area contributed by atoms with Crippen LogP contribution in [0.1, 0.15) is 76.7 Å². The maximum absolute atomic E-state index is 3.87. The summed E-state index contributed by atoms with van der Waals surface area (Å²) in [6.07, 6.45) is 11.1. The molecule has 1 aromatic carbocycles. The van der Waals surface area contributed by atoms with Gasteiger partial charge in [-0.1, -0.05) is 76.3 Å². The fourth-order valence-corrected chi connectivity index (χ4v) is 3.95. The van der Waals surface area contributed by atoms with Crippen molar-refractivity contribution in [1.82, 2.24) is 5.32 Å². The van der Waals surface area contributed by atoms with Crippen LogP contribution in [0, 0.1) is 5.92 Å². The van der Waals surface area contributed by atoms with E-state index in [2.05, 4.69) is 49.5 Å². The molecule has 2 atom stereocenters. The molecule has 0 aliphatic heterocycles. The van der Waals surface area contributed by atoms with E-state index in [0.29, 0.717) is 12.0 Å². The summed E-state index contributed by atoms with van der Waals surface area (Å²) >= 11 is 0. The van der Waals surface area contributed by atoms with Crippen LogP contribution >= 0.6 is 0 Å². The average molecular weight is 287 g/mol. The standard InChI is InChI=1S/C20H33N/c1-3-15-21-20(16-17-11-7-5-8-12-17)19(4-2)18-13-9-6-10-14-18/h6,9-10,13-14,17,19-21H,3-5,7-8,11-12,15-16H2,1-2H3. The maximum Gasteiger partial charge on any atom is 0.0138 e. The Kier molecular flexibility index (Phi) is 7.29. The predicted molar refractivity (Wildman–Crippen MR) is 92.7 cm³/mol. The molecule has 21 heavy (non-hydrogen) atoms. The second-order valence-electron chi connectivity index (χ2n) is 6.73. The van der Waals surface area contributed by atoms with E-state index in [0.717, 1.165) is 12.5 Å². The summed E-state index contributed by atoms with van der Waals surface area (Å²) in [6.45, 7) is 5.77. The third-order valence-electron chi connectivity index (χ3n) is 5.12. The van der Waals surface area contributed by atoms with Crippen molar-refractivity contribution in [1.29, 1.82) is 0 Å². The van der Waals surface area contributed by atoms with Gasteiger partial charge in [0.15, 0.2) is 0 Å². The minimum absolute atomic E-state index is 0.653. The van der Waals surface area contributed by atoms with Gasteiger partial charge in [-0.3, -0.25) is 0 Å². The molecule has 1 aromatic rings. The topological polar surface area (TPSA) is 12.0 Å². The number of benzene rings is 1. The lowest BCUT2D eigenvalue weighted by molar-refractivity contribution is 0.275. The van der Waals surface area contributed by atoms with E-state index in [1.807, 2.05) is 0 Å². The van der Waals surface area contributed by atoms with Crippen LogP contribution in [0.15, 0.2) is 30.3 Å². The number of rotatable bonds is 8. The highest BCUT2D eigenvalue weighted by molar-refractivity contribution is 5.21. The molecule has 0 saturated heterocycles. The maximum atomic E-state index is 3.87. The van der Waals surface area contributed by atoms with Gasteiger partial charge < -0.3 is 5.32 Å². The Hall–Kier alpha value is -0.820. The summed E-state index contributed by atoms with van der Waals surface area (Å²) in [6, 6.07) is 11.8. The first-order chi connectivity index (χ1) is 10.3. The van der Waals surface area contributed by atoms with Crippen LogP contribution < -0.4 is 5.32 Å². The first-order valence-electron chi connectivity index (χ1n) is 9.13. The second kappa shape index (κ2) is 9.25. The molecule has 2 rings (SSSR count). The van der Waals surface area contributed by atoms with Gasteiger partial charge in [-0.25, -0.2) is 0 Å². The molecule has 2 unspecified atom stereocenters. The molecule has 1 aliphatic carbocycles. The second-order valence-corrected chi connectivity index (χ2v) is 6.73. The van der Waals surface area contributed by atoms with Gasteiger partial charge in [-0.15, -0.1) is 0 Å². The molecule has 1 aliphatic rings. The van der Waals surface area contributed by atoms with Gasteiger partial charge in [0.1, 0.15) is 0 Å². The highest BCUT2D eigenvalue weighted by Crippen LogP contribution is 2.33. The van der Waals surface area contributed by atoms with Crippen LogP contribution in [0.25, 0.3) is 0 Å². The molecule has 1 N–H and O–H groups in total. The Labute approximate surface area is 131 Å². The summed E-state index contributed by atoms with van der Waals surface area (Å²) in [4.78, 5) is 0. The summed E-state index contributed by atoms with van der Waals surface area (Å²) < 4.78 is 0.